The molecule has 0 heterocycles. The minimum absolute atomic E-state index is 0.133. The van der Waals surface area contributed by atoms with Gasteiger partial charge >= 0.3 is 0 Å². The van der Waals surface area contributed by atoms with Crippen LogP contribution in [0.25, 0.3) is 11.1 Å². The second-order valence-electron chi connectivity index (χ2n) is 8.18. The number of nitrogens with one attached hydrogen (secondary N) is 1. The highest BCUT2D eigenvalue weighted by molar-refractivity contribution is 6.35. The van der Waals surface area contributed by atoms with E-state index in [4.69, 9.17) is 32.7 Å². The van der Waals surface area contributed by atoms with Gasteiger partial charge in [0.25, 0.3) is 0 Å². The van der Waals surface area contributed by atoms with E-state index in [-0.39, 0.29) is 19.1 Å². The third-order valence-corrected chi connectivity index (χ3v) is 5.91. The van der Waals surface area contributed by atoms with Crippen LogP contribution in [0.1, 0.15) is 11.1 Å². The average Bonchev–Trinajstić information content (AvgIpc) is 2.84. The molecular weight excluding hydrogens is 489 g/mol. The van der Waals surface area contributed by atoms with Crippen LogP contribution in [-0.4, -0.2) is 54.7 Å². The molecule has 3 unspecified atom stereocenters. The van der Waals surface area contributed by atoms with Crippen molar-refractivity contribution in [3.8, 4) is 11.1 Å². The summed E-state index contributed by atoms with van der Waals surface area (Å²) in [6.45, 7) is -0.427. The van der Waals surface area contributed by atoms with Gasteiger partial charge in [-0.3, -0.25) is 4.79 Å². The standard InChI is InChI=1S/C27H29Cl2NO5/c1-34-17-26(33)30-24(27(25(32)15-31)35-16-19-5-3-2-4-6-19)11-18-7-9-20(10-8-18)21-12-22(28)14-23(29)13-21/h2-10,12-14,24-25,27,31-32H,11,15-17H2,1H3,(H,30,33). The molecule has 0 aromatic heterocycles. The van der Waals surface area contributed by atoms with Crippen molar-refractivity contribution in [2.24, 2.45) is 0 Å². The molecule has 0 radical (unpaired) electrons. The monoisotopic (exact) mass is 517 g/mol. The van der Waals surface area contributed by atoms with Crippen molar-refractivity contribution >= 4 is 29.1 Å². The van der Waals surface area contributed by atoms with E-state index in [1.165, 1.54) is 7.11 Å². The van der Waals surface area contributed by atoms with Crippen LogP contribution in [0.4, 0.5) is 0 Å². The summed E-state index contributed by atoms with van der Waals surface area (Å²) in [5, 5.41) is 24.2. The van der Waals surface area contributed by atoms with Crippen molar-refractivity contribution in [2.45, 2.75) is 31.3 Å². The lowest BCUT2D eigenvalue weighted by molar-refractivity contribution is -0.129. The topological polar surface area (TPSA) is 88.0 Å². The molecule has 0 aliphatic carbocycles. The summed E-state index contributed by atoms with van der Waals surface area (Å²) in [5.74, 6) is -0.346. The summed E-state index contributed by atoms with van der Waals surface area (Å²) >= 11 is 12.3. The number of rotatable bonds is 12. The first-order valence-corrected chi connectivity index (χ1v) is 11.9. The summed E-state index contributed by atoms with van der Waals surface area (Å²) in [6.07, 6.45) is -1.69. The first-order valence-electron chi connectivity index (χ1n) is 11.2. The van der Waals surface area contributed by atoms with Crippen LogP contribution >= 0.6 is 23.2 Å². The number of amides is 1. The Morgan fingerprint density at radius 1 is 0.943 bits per heavy atom. The molecule has 3 aromatic carbocycles. The van der Waals surface area contributed by atoms with Gasteiger partial charge in [0.1, 0.15) is 18.8 Å². The highest BCUT2D eigenvalue weighted by atomic mass is 35.5. The Bertz CT molecular complexity index is 1060. The summed E-state index contributed by atoms with van der Waals surface area (Å²) in [6, 6.07) is 22.0. The predicted octanol–water partition coefficient (Wildman–Crippen LogP) is 4.27. The number of ether oxygens (including phenoxy) is 2. The molecule has 0 aliphatic heterocycles. The molecule has 3 atom stereocenters. The van der Waals surface area contributed by atoms with E-state index in [1.54, 1.807) is 6.07 Å². The normalized spacial score (nSPS) is 13.7. The summed E-state index contributed by atoms with van der Waals surface area (Å²) < 4.78 is 11.0. The van der Waals surface area contributed by atoms with Crippen molar-refractivity contribution in [1.29, 1.82) is 0 Å². The predicted molar refractivity (Wildman–Crippen MR) is 138 cm³/mol. The maximum Gasteiger partial charge on any atom is 0.246 e. The molecule has 0 spiro atoms. The third kappa shape index (κ3) is 8.32. The minimum Gasteiger partial charge on any atom is -0.394 e. The molecule has 0 saturated carbocycles. The van der Waals surface area contributed by atoms with Gasteiger partial charge in [-0.15, -0.1) is 0 Å². The molecule has 3 rings (SSSR count). The molecule has 3 aromatic rings. The molecular formula is C27H29Cl2NO5. The quantitative estimate of drug-likeness (QED) is 0.333. The first-order chi connectivity index (χ1) is 16.9. The maximum atomic E-state index is 12.4. The van der Waals surface area contributed by atoms with Crippen molar-refractivity contribution in [1.82, 2.24) is 5.32 Å². The lowest BCUT2D eigenvalue weighted by atomic mass is 9.95. The zero-order valence-electron chi connectivity index (χ0n) is 19.4. The third-order valence-electron chi connectivity index (χ3n) is 5.48. The van der Waals surface area contributed by atoms with Crippen LogP contribution in [0.5, 0.6) is 0 Å². The Hall–Kier alpha value is -2.45. The molecule has 0 saturated heterocycles. The summed E-state index contributed by atoms with van der Waals surface area (Å²) in [7, 11) is 1.43. The lowest BCUT2D eigenvalue weighted by Gasteiger charge is -2.31. The van der Waals surface area contributed by atoms with Crippen LogP contribution in [0.2, 0.25) is 10.0 Å². The molecule has 1 amide bonds. The SMILES string of the molecule is COCC(=O)NC(Cc1ccc(-c2cc(Cl)cc(Cl)c2)cc1)C(OCc1ccccc1)C(O)CO. The number of hydrogen-bond acceptors (Lipinski definition) is 5. The van der Waals surface area contributed by atoms with Gasteiger partial charge in [0.15, 0.2) is 0 Å². The number of halogens is 2. The lowest BCUT2D eigenvalue weighted by Crippen LogP contribution is -2.52. The fraction of sp³-hybridized carbons (Fsp3) is 0.296. The molecule has 0 bridgehead atoms. The van der Waals surface area contributed by atoms with Gasteiger partial charge in [-0.05, 0) is 46.9 Å². The van der Waals surface area contributed by atoms with E-state index in [9.17, 15) is 15.0 Å². The fourth-order valence-corrected chi connectivity index (χ4v) is 4.33. The largest absolute Gasteiger partial charge is 0.394 e. The van der Waals surface area contributed by atoms with E-state index in [0.29, 0.717) is 16.5 Å². The van der Waals surface area contributed by atoms with E-state index in [0.717, 1.165) is 22.3 Å². The molecule has 8 heteroatoms. The van der Waals surface area contributed by atoms with E-state index in [1.807, 2.05) is 66.7 Å². The molecule has 0 fully saturated rings. The van der Waals surface area contributed by atoms with Crippen molar-refractivity contribution < 1.29 is 24.5 Å². The van der Waals surface area contributed by atoms with E-state index < -0.39 is 24.9 Å². The van der Waals surface area contributed by atoms with E-state index in [2.05, 4.69) is 5.32 Å². The highest BCUT2D eigenvalue weighted by Crippen LogP contribution is 2.28. The zero-order chi connectivity index (χ0) is 25.2. The number of carbonyl (C=O) groups is 1. The van der Waals surface area contributed by atoms with Crippen molar-refractivity contribution in [3.05, 3.63) is 94.0 Å². The van der Waals surface area contributed by atoms with Crippen LogP contribution < -0.4 is 5.32 Å². The summed E-state index contributed by atoms with van der Waals surface area (Å²) in [4.78, 5) is 12.4. The van der Waals surface area contributed by atoms with Gasteiger partial charge in [0.2, 0.25) is 5.91 Å². The maximum absolute atomic E-state index is 12.4. The smallest absolute Gasteiger partial charge is 0.246 e. The zero-order valence-corrected chi connectivity index (χ0v) is 20.9. The first kappa shape index (κ1) is 27.1. The van der Waals surface area contributed by atoms with E-state index >= 15 is 0 Å². The van der Waals surface area contributed by atoms with Gasteiger partial charge in [-0.25, -0.2) is 0 Å². The van der Waals surface area contributed by atoms with Crippen LogP contribution in [0, 0.1) is 0 Å². The Labute approximate surface area is 215 Å². The van der Waals surface area contributed by atoms with Crippen LogP contribution in [-0.2, 0) is 27.3 Å². The van der Waals surface area contributed by atoms with Gasteiger partial charge in [0.05, 0.1) is 19.3 Å². The molecule has 6 nitrogen and oxygen atoms in total. The molecule has 186 valence electrons. The fourth-order valence-electron chi connectivity index (χ4n) is 3.80. The number of methoxy groups -OCH3 is 1. The number of carbonyl (C=O) groups excluding carboxylic acids is 1. The van der Waals surface area contributed by atoms with Gasteiger partial charge in [-0.2, -0.15) is 0 Å². The number of aliphatic hydroxyl groups is 2. The van der Waals surface area contributed by atoms with Gasteiger partial charge < -0.3 is 25.0 Å². The second-order valence-corrected chi connectivity index (χ2v) is 9.05. The Morgan fingerprint density at radius 3 is 2.20 bits per heavy atom. The van der Waals surface area contributed by atoms with Gasteiger partial charge in [0, 0.05) is 17.2 Å². The number of aliphatic hydroxyl groups excluding tert-OH is 2. The molecule has 35 heavy (non-hydrogen) atoms. The number of benzene rings is 3. The Morgan fingerprint density at radius 2 is 1.60 bits per heavy atom. The second kappa shape index (κ2) is 13.6. The molecule has 0 aliphatic rings. The molecule has 3 N–H and O–H groups in total. The average molecular weight is 518 g/mol. The number of hydrogen-bond donors (Lipinski definition) is 3. The van der Waals surface area contributed by atoms with Crippen molar-refractivity contribution in [3.63, 3.8) is 0 Å². The van der Waals surface area contributed by atoms with Crippen LogP contribution in [0.3, 0.4) is 0 Å². The van der Waals surface area contributed by atoms with Crippen molar-refractivity contribution in [2.75, 3.05) is 20.3 Å². The Kier molecular flexibility index (Phi) is 10.5. The minimum atomic E-state index is -1.19. The van der Waals surface area contributed by atoms with Crippen LogP contribution in [0.15, 0.2) is 72.8 Å². The van der Waals surface area contributed by atoms with Gasteiger partial charge in [-0.1, -0.05) is 77.8 Å². The summed E-state index contributed by atoms with van der Waals surface area (Å²) in [5.41, 5.74) is 3.64. The highest BCUT2D eigenvalue weighted by Gasteiger charge is 2.30. The Balaban J connectivity index is 1.81.